The third kappa shape index (κ3) is 5.25. The van der Waals surface area contributed by atoms with Gasteiger partial charge in [-0.2, -0.15) is 0 Å². The Bertz CT molecular complexity index is 883. The minimum absolute atomic E-state index is 0.0644. The van der Waals surface area contributed by atoms with Crippen molar-refractivity contribution < 1.29 is 14.0 Å². The van der Waals surface area contributed by atoms with Gasteiger partial charge in [-0.15, -0.1) is 0 Å². The van der Waals surface area contributed by atoms with Crippen molar-refractivity contribution in [3.05, 3.63) is 59.4 Å². The van der Waals surface area contributed by atoms with Crippen LogP contribution in [-0.2, 0) is 0 Å². The number of amides is 3. The molecule has 1 fully saturated rings. The Labute approximate surface area is 170 Å². The van der Waals surface area contributed by atoms with Crippen LogP contribution in [-0.4, -0.2) is 50.6 Å². The van der Waals surface area contributed by atoms with Crippen molar-refractivity contribution in [3.8, 4) is 0 Å². The van der Waals surface area contributed by atoms with Gasteiger partial charge in [-0.3, -0.25) is 4.79 Å². The Kier molecular flexibility index (Phi) is 6.36. The minimum atomic E-state index is -0.267. The van der Waals surface area contributed by atoms with Crippen LogP contribution in [0.1, 0.15) is 22.3 Å². The van der Waals surface area contributed by atoms with Gasteiger partial charge in [0.15, 0.2) is 0 Å². The van der Waals surface area contributed by atoms with Crippen LogP contribution in [0.4, 0.5) is 20.6 Å². The number of aryl methyl sites for hydroxylation is 1. The van der Waals surface area contributed by atoms with Gasteiger partial charge in [-0.05, 0) is 67.3 Å². The standard InChI is InChI=1S/C22H27FN4O2/c1-15-12-18(6-9-20(15)21(28)26(2)3)25-22(29)24-13-16-10-11-27(14-16)19-7-4-17(23)5-8-19/h4-9,12,16H,10-11,13-14H2,1-3H3,(H2,24,25,29). The van der Waals surface area contributed by atoms with Gasteiger partial charge in [0.1, 0.15) is 5.82 Å². The topological polar surface area (TPSA) is 64.7 Å². The third-order valence-electron chi connectivity index (χ3n) is 5.15. The normalized spacial score (nSPS) is 15.9. The van der Waals surface area contributed by atoms with Crippen molar-refractivity contribution in [1.82, 2.24) is 10.2 Å². The lowest BCUT2D eigenvalue weighted by Crippen LogP contribution is -2.34. The largest absolute Gasteiger partial charge is 0.371 e. The molecule has 29 heavy (non-hydrogen) atoms. The second kappa shape index (κ2) is 8.94. The Balaban J connectivity index is 1.48. The number of nitrogens with zero attached hydrogens (tertiary/aromatic N) is 2. The maximum atomic E-state index is 13.1. The number of halogens is 1. The number of nitrogens with one attached hydrogen (secondary N) is 2. The molecule has 7 heteroatoms. The molecule has 2 aromatic rings. The van der Waals surface area contributed by atoms with E-state index < -0.39 is 0 Å². The van der Waals surface area contributed by atoms with Crippen LogP contribution >= 0.6 is 0 Å². The second-order valence-electron chi connectivity index (χ2n) is 7.64. The fourth-order valence-corrected chi connectivity index (χ4v) is 3.52. The molecule has 0 aromatic heterocycles. The number of hydrogen-bond acceptors (Lipinski definition) is 3. The smallest absolute Gasteiger partial charge is 0.319 e. The molecule has 0 bridgehead atoms. The highest BCUT2D eigenvalue weighted by Crippen LogP contribution is 2.23. The van der Waals surface area contributed by atoms with E-state index in [1.54, 1.807) is 44.4 Å². The van der Waals surface area contributed by atoms with Gasteiger partial charge >= 0.3 is 6.03 Å². The predicted octanol–water partition coefficient (Wildman–Crippen LogP) is 3.48. The molecule has 154 valence electrons. The summed E-state index contributed by atoms with van der Waals surface area (Å²) < 4.78 is 13.1. The summed E-state index contributed by atoms with van der Waals surface area (Å²) in [6.07, 6.45) is 0.970. The van der Waals surface area contributed by atoms with E-state index in [0.29, 0.717) is 23.7 Å². The molecule has 0 spiro atoms. The predicted molar refractivity (Wildman–Crippen MR) is 113 cm³/mol. The van der Waals surface area contributed by atoms with E-state index >= 15 is 0 Å². The molecule has 1 aliphatic heterocycles. The number of carbonyl (C=O) groups excluding carboxylic acids is 2. The Hall–Kier alpha value is -3.09. The number of anilines is 2. The van der Waals surface area contributed by atoms with Gasteiger partial charge in [0.25, 0.3) is 5.91 Å². The first kappa shape index (κ1) is 20.6. The molecule has 0 aliphatic carbocycles. The molecule has 1 heterocycles. The highest BCUT2D eigenvalue weighted by atomic mass is 19.1. The maximum absolute atomic E-state index is 13.1. The lowest BCUT2D eigenvalue weighted by molar-refractivity contribution is 0.0827. The van der Waals surface area contributed by atoms with Crippen LogP contribution in [0.2, 0.25) is 0 Å². The van der Waals surface area contributed by atoms with Gasteiger partial charge in [0.2, 0.25) is 0 Å². The third-order valence-corrected chi connectivity index (χ3v) is 5.15. The van der Waals surface area contributed by atoms with Crippen LogP contribution in [0.5, 0.6) is 0 Å². The van der Waals surface area contributed by atoms with Crippen molar-refractivity contribution in [3.63, 3.8) is 0 Å². The molecule has 3 rings (SSSR count). The Morgan fingerprint density at radius 3 is 2.55 bits per heavy atom. The Morgan fingerprint density at radius 1 is 1.17 bits per heavy atom. The van der Waals surface area contributed by atoms with Crippen LogP contribution in [0.25, 0.3) is 0 Å². The molecule has 2 aromatic carbocycles. The molecule has 1 aliphatic rings. The lowest BCUT2D eigenvalue weighted by atomic mass is 10.1. The maximum Gasteiger partial charge on any atom is 0.319 e. The number of benzene rings is 2. The lowest BCUT2D eigenvalue weighted by Gasteiger charge is -2.19. The van der Waals surface area contributed by atoms with E-state index in [9.17, 15) is 14.0 Å². The summed E-state index contributed by atoms with van der Waals surface area (Å²) in [7, 11) is 3.42. The van der Waals surface area contributed by atoms with Crippen molar-refractivity contribution >= 4 is 23.3 Å². The average molecular weight is 398 g/mol. The summed E-state index contributed by atoms with van der Waals surface area (Å²) in [5.41, 5.74) is 3.08. The van der Waals surface area contributed by atoms with E-state index in [4.69, 9.17) is 0 Å². The van der Waals surface area contributed by atoms with E-state index in [-0.39, 0.29) is 17.8 Å². The molecular formula is C22H27FN4O2. The van der Waals surface area contributed by atoms with Crippen LogP contribution in [0.15, 0.2) is 42.5 Å². The van der Waals surface area contributed by atoms with Gasteiger partial charge in [-0.1, -0.05) is 0 Å². The first-order valence-corrected chi connectivity index (χ1v) is 9.71. The number of hydrogen-bond donors (Lipinski definition) is 2. The summed E-state index contributed by atoms with van der Waals surface area (Å²) >= 11 is 0. The highest BCUT2D eigenvalue weighted by Gasteiger charge is 2.23. The first-order valence-electron chi connectivity index (χ1n) is 9.71. The summed E-state index contributed by atoms with van der Waals surface area (Å²) in [6, 6.07) is 11.5. The molecule has 3 amide bonds. The summed E-state index contributed by atoms with van der Waals surface area (Å²) in [5.74, 6) is 0.0373. The number of rotatable bonds is 5. The Morgan fingerprint density at radius 2 is 1.90 bits per heavy atom. The molecule has 1 atom stereocenters. The molecule has 1 unspecified atom stereocenters. The van der Waals surface area contributed by atoms with Crippen molar-refractivity contribution in [2.75, 3.05) is 43.9 Å². The van der Waals surface area contributed by atoms with Crippen molar-refractivity contribution in [1.29, 1.82) is 0 Å². The fourth-order valence-electron chi connectivity index (χ4n) is 3.52. The molecule has 1 saturated heterocycles. The van der Waals surface area contributed by atoms with E-state index in [1.165, 1.54) is 17.0 Å². The monoisotopic (exact) mass is 398 g/mol. The van der Waals surface area contributed by atoms with Gasteiger partial charge in [0.05, 0.1) is 0 Å². The zero-order chi connectivity index (χ0) is 21.0. The average Bonchev–Trinajstić information content (AvgIpc) is 3.15. The number of urea groups is 1. The summed E-state index contributed by atoms with van der Waals surface area (Å²) in [6.45, 7) is 4.13. The van der Waals surface area contributed by atoms with Crippen LogP contribution in [0, 0.1) is 18.7 Å². The SMILES string of the molecule is Cc1cc(NC(=O)NCC2CCN(c3ccc(F)cc3)C2)ccc1C(=O)N(C)C. The van der Waals surface area contributed by atoms with E-state index in [2.05, 4.69) is 15.5 Å². The highest BCUT2D eigenvalue weighted by molar-refractivity contribution is 5.96. The fraction of sp³-hybridized carbons (Fsp3) is 0.364. The van der Waals surface area contributed by atoms with E-state index in [1.807, 2.05) is 6.92 Å². The molecule has 0 radical (unpaired) electrons. The zero-order valence-electron chi connectivity index (χ0n) is 17.0. The zero-order valence-corrected chi connectivity index (χ0v) is 17.0. The van der Waals surface area contributed by atoms with Crippen LogP contribution < -0.4 is 15.5 Å². The second-order valence-corrected chi connectivity index (χ2v) is 7.64. The number of carbonyl (C=O) groups is 2. The summed E-state index contributed by atoms with van der Waals surface area (Å²) in [4.78, 5) is 28.1. The molecule has 2 N–H and O–H groups in total. The van der Waals surface area contributed by atoms with Crippen molar-refractivity contribution in [2.24, 2.45) is 5.92 Å². The molecular weight excluding hydrogens is 371 g/mol. The summed E-state index contributed by atoms with van der Waals surface area (Å²) in [5, 5.41) is 5.74. The van der Waals surface area contributed by atoms with Gasteiger partial charge in [0, 0.05) is 50.7 Å². The van der Waals surface area contributed by atoms with Crippen molar-refractivity contribution in [2.45, 2.75) is 13.3 Å². The molecule has 6 nitrogen and oxygen atoms in total. The quantitative estimate of drug-likeness (QED) is 0.810. The van der Waals surface area contributed by atoms with Gasteiger partial charge < -0.3 is 20.4 Å². The molecule has 0 saturated carbocycles. The van der Waals surface area contributed by atoms with Gasteiger partial charge in [-0.25, -0.2) is 9.18 Å². The first-order chi connectivity index (χ1) is 13.8. The van der Waals surface area contributed by atoms with Crippen LogP contribution in [0.3, 0.4) is 0 Å². The minimum Gasteiger partial charge on any atom is -0.371 e. The van der Waals surface area contributed by atoms with E-state index in [0.717, 1.165) is 30.8 Å².